The lowest BCUT2D eigenvalue weighted by atomic mass is 9.58. The van der Waals surface area contributed by atoms with Crippen molar-refractivity contribution in [3.63, 3.8) is 0 Å². The molecule has 0 fully saturated rings. The monoisotopic (exact) mass is 778 g/mol. The number of rotatable bonds is 2. The van der Waals surface area contributed by atoms with Crippen LogP contribution >= 0.6 is 22.7 Å². The van der Waals surface area contributed by atoms with Gasteiger partial charge in [0.05, 0.1) is 42.8 Å². The highest BCUT2D eigenvalue weighted by molar-refractivity contribution is 7.26. The molecule has 4 heteroatoms. The number of hydrogen-bond donors (Lipinski definition) is 0. The number of nitrogens with zero attached hydrogens (tertiary/aromatic N) is 2. The van der Waals surface area contributed by atoms with Crippen LogP contribution in [-0.4, -0.2) is 9.13 Å². The molecule has 276 valence electrons. The lowest BCUT2D eigenvalue weighted by Gasteiger charge is -2.45. The molecular formula is C54H38N2S2. The van der Waals surface area contributed by atoms with Crippen LogP contribution in [0.2, 0.25) is 0 Å². The first kappa shape index (κ1) is 32.8. The largest absolute Gasteiger partial charge is 0.308 e. The van der Waals surface area contributed by atoms with E-state index in [9.17, 15) is 0 Å². The summed E-state index contributed by atoms with van der Waals surface area (Å²) in [6.45, 7) is 9.89. The van der Waals surface area contributed by atoms with Crippen LogP contribution in [0.15, 0.2) is 158 Å². The Kier molecular flexibility index (Phi) is 6.37. The highest BCUT2D eigenvalue weighted by Crippen LogP contribution is 2.57. The molecule has 0 bridgehead atoms. The Morgan fingerprint density at radius 3 is 1.17 bits per heavy atom. The summed E-state index contributed by atoms with van der Waals surface area (Å²) in [6.07, 6.45) is 0. The SMILES string of the molecule is CC1(C)c2ccc3c(c2C(C)(C)c2ccc4c(c21)c1ccccc1n4-c1cccc2c1sc1ccccc12)c1ccccc1n3-c1cccc2c1sc1ccccc12. The summed E-state index contributed by atoms with van der Waals surface area (Å²) in [5, 5.41) is 10.7. The van der Waals surface area contributed by atoms with Gasteiger partial charge in [-0.3, -0.25) is 0 Å². The van der Waals surface area contributed by atoms with E-state index in [1.165, 1.54) is 118 Å². The third kappa shape index (κ3) is 4.02. The fraction of sp³-hybridized carbons (Fsp3) is 0.111. The molecule has 0 amide bonds. The first-order valence-electron chi connectivity index (χ1n) is 20.3. The van der Waals surface area contributed by atoms with Crippen molar-refractivity contribution in [2.75, 3.05) is 0 Å². The van der Waals surface area contributed by atoms with Gasteiger partial charge in [0.25, 0.3) is 0 Å². The minimum Gasteiger partial charge on any atom is -0.308 e. The molecule has 8 aromatic carbocycles. The van der Waals surface area contributed by atoms with Crippen molar-refractivity contribution in [1.29, 1.82) is 0 Å². The molecule has 0 saturated carbocycles. The highest BCUT2D eigenvalue weighted by atomic mass is 32.1. The van der Waals surface area contributed by atoms with Gasteiger partial charge in [-0.2, -0.15) is 0 Å². The molecule has 1 aliphatic rings. The lowest BCUT2D eigenvalue weighted by Crippen LogP contribution is -2.37. The maximum Gasteiger partial charge on any atom is 0.0640 e. The minimum absolute atomic E-state index is 0.277. The highest BCUT2D eigenvalue weighted by Gasteiger charge is 2.45. The molecule has 58 heavy (non-hydrogen) atoms. The van der Waals surface area contributed by atoms with E-state index in [1.54, 1.807) is 0 Å². The van der Waals surface area contributed by atoms with Crippen molar-refractivity contribution in [2.24, 2.45) is 0 Å². The molecule has 0 radical (unpaired) electrons. The number of hydrogen-bond acceptors (Lipinski definition) is 2. The second-order valence-electron chi connectivity index (χ2n) is 17.2. The van der Waals surface area contributed by atoms with Gasteiger partial charge in [0.15, 0.2) is 0 Å². The Labute approximate surface area is 343 Å². The molecule has 0 aliphatic heterocycles. The van der Waals surface area contributed by atoms with Gasteiger partial charge >= 0.3 is 0 Å². The number of aromatic nitrogens is 2. The van der Waals surface area contributed by atoms with Gasteiger partial charge in [-0.25, -0.2) is 0 Å². The van der Waals surface area contributed by atoms with Crippen molar-refractivity contribution >= 4 is 107 Å². The quantitative estimate of drug-likeness (QED) is 0.165. The van der Waals surface area contributed by atoms with Crippen molar-refractivity contribution < 1.29 is 0 Å². The molecule has 0 atom stereocenters. The second-order valence-corrected chi connectivity index (χ2v) is 19.3. The van der Waals surface area contributed by atoms with Crippen molar-refractivity contribution in [2.45, 2.75) is 38.5 Å². The Hall–Kier alpha value is -6.20. The molecule has 0 spiro atoms. The third-order valence-corrected chi connectivity index (χ3v) is 15.9. The van der Waals surface area contributed by atoms with Crippen molar-refractivity contribution in [3.05, 3.63) is 180 Å². The zero-order valence-corrected chi connectivity index (χ0v) is 34.4. The minimum atomic E-state index is -0.277. The van der Waals surface area contributed by atoms with E-state index in [0.717, 1.165) is 0 Å². The molecule has 12 aromatic rings. The van der Waals surface area contributed by atoms with Crippen LogP contribution < -0.4 is 0 Å². The molecule has 0 saturated heterocycles. The van der Waals surface area contributed by atoms with Crippen molar-refractivity contribution in [3.8, 4) is 11.4 Å². The molecule has 4 heterocycles. The van der Waals surface area contributed by atoms with Gasteiger partial charge in [0, 0.05) is 63.3 Å². The fourth-order valence-corrected chi connectivity index (χ4v) is 13.5. The fourth-order valence-electron chi connectivity index (χ4n) is 11.1. The van der Waals surface area contributed by atoms with Crippen LogP contribution in [0.25, 0.3) is 95.3 Å². The molecule has 0 unspecified atom stereocenters. The van der Waals surface area contributed by atoms with Gasteiger partial charge < -0.3 is 9.13 Å². The number of para-hydroxylation sites is 2. The van der Waals surface area contributed by atoms with Crippen molar-refractivity contribution in [1.82, 2.24) is 9.13 Å². The van der Waals surface area contributed by atoms with Crippen LogP contribution in [0, 0.1) is 0 Å². The van der Waals surface area contributed by atoms with Crippen LogP contribution in [0.3, 0.4) is 0 Å². The first-order valence-corrected chi connectivity index (χ1v) is 21.9. The van der Waals surface area contributed by atoms with Gasteiger partial charge in [-0.15, -0.1) is 22.7 Å². The average Bonchev–Trinajstić information content (AvgIpc) is 4.00. The number of fused-ring (bicyclic) bond motifs is 16. The second kappa shape index (κ2) is 11.3. The summed E-state index contributed by atoms with van der Waals surface area (Å²) in [6, 6.07) is 59.3. The van der Waals surface area contributed by atoms with Crippen LogP contribution in [-0.2, 0) is 10.8 Å². The first-order chi connectivity index (χ1) is 28.3. The average molecular weight is 779 g/mol. The molecule has 2 nitrogen and oxygen atoms in total. The topological polar surface area (TPSA) is 9.86 Å². The van der Waals surface area contributed by atoms with Gasteiger partial charge in [-0.1, -0.05) is 137 Å². The van der Waals surface area contributed by atoms with Crippen LogP contribution in [0.4, 0.5) is 0 Å². The number of benzene rings is 8. The Balaban J connectivity index is 1.11. The standard InChI is InChI=1S/C54H38N2S2/c1-53(2)37-27-29-42-48(36-18-6-10-22-40(36)56(42)44-24-14-20-34-32-16-8-12-26-46(32)58-52(34)44)50(37)54(3,4)38-28-30-41-47(49(38)53)35-17-5-9-21-39(35)55(41)43-23-13-19-33-31-15-7-11-25-45(31)57-51(33)43/h5-30H,1-4H3. The van der Waals surface area contributed by atoms with Crippen LogP contribution in [0.1, 0.15) is 49.9 Å². The zero-order chi connectivity index (χ0) is 38.7. The molecule has 13 rings (SSSR count). The molecule has 0 N–H and O–H groups in total. The third-order valence-electron chi connectivity index (χ3n) is 13.5. The Bertz CT molecular complexity index is 3500. The maximum atomic E-state index is 2.55. The predicted octanol–water partition coefficient (Wildman–Crippen LogP) is 15.6. The summed E-state index contributed by atoms with van der Waals surface area (Å²) >= 11 is 3.81. The lowest BCUT2D eigenvalue weighted by molar-refractivity contribution is 0.529. The summed E-state index contributed by atoms with van der Waals surface area (Å²) < 4.78 is 10.4. The van der Waals surface area contributed by atoms with E-state index >= 15 is 0 Å². The summed E-state index contributed by atoms with van der Waals surface area (Å²) in [5.41, 5.74) is 12.7. The van der Waals surface area contributed by atoms with Gasteiger partial charge in [0.2, 0.25) is 0 Å². The normalized spacial score (nSPS) is 14.8. The van der Waals surface area contributed by atoms with Gasteiger partial charge in [-0.05, 0) is 70.8 Å². The Morgan fingerprint density at radius 1 is 0.345 bits per heavy atom. The zero-order valence-electron chi connectivity index (χ0n) is 32.7. The molecular weight excluding hydrogens is 741 g/mol. The number of thiophene rings is 2. The molecule has 4 aromatic heterocycles. The summed E-state index contributed by atoms with van der Waals surface area (Å²) in [5.74, 6) is 0. The maximum absolute atomic E-state index is 2.55. The van der Waals surface area contributed by atoms with E-state index < -0.39 is 0 Å². The van der Waals surface area contributed by atoms with E-state index in [1.807, 2.05) is 22.7 Å². The van der Waals surface area contributed by atoms with Crippen LogP contribution in [0.5, 0.6) is 0 Å². The van der Waals surface area contributed by atoms with E-state index in [4.69, 9.17) is 0 Å². The van der Waals surface area contributed by atoms with E-state index in [0.29, 0.717) is 0 Å². The van der Waals surface area contributed by atoms with E-state index in [2.05, 4.69) is 195 Å². The summed E-state index contributed by atoms with van der Waals surface area (Å²) in [4.78, 5) is 0. The molecule has 1 aliphatic carbocycles. The van der Waals surface area contributed by atoms with E-state index in [-0.39, 0.29) is 10.8 Å². The smallest absolute Gasteiger partial charge is 0.0640 e. The Morgan fingerprint density at radius 2 is 0.724 bits per heavy atom. The van der Waals surface area contributed by atoms with Gasteiger partial charge in [0.1, 0.15) is 0 Å². The summed E-state index contributed by atoms with van der Waals surface area (Å²) in [7, 11) is 0. The predicted molar refractivity (Wildman–Crippen MR) is 252 cm³/mol.